The summed E-state index contributed by atoms with van der Waals surface area (Å²) in [5.41, 5.74) is 14.8. The van der Waals surface area contributed by atoms with E-state index >= 15 is 0 Å². The Morgan fingerprint density at radius 3 is 2.09 bits per heavy atom. The van der Waals surface area contributed by atoms with Crippen LogP contribution in [0.2, 0.25) is 0 Å². The molecule has 74 heavy (non-hydrogen) atoms. The van der Waals surface area contributed by atoms with Gasteiger partial charge in [0.2, 0.25) is 0 Å². The molecule has 4 aliphatic carbocycles. The first kappa shape index (κ1) is 43.8. The molecule has 2 aliphatic heterocycles. The van der Waals surface area contributed by atoms with E-state index in [1.807, 2.05) is 24.3 Å². The van der Waals surface area contributed by atoms with Crippen LogP contribution in [0.4, 0.5) is 5.69 Å². The van der Waals surface area contributed by atoms with Gasteiger partial charge in [-0.1, -0.05) is 170 Å². The van der Waals surface area contributed by atoms with Crippen molar-refractivity contribution in [3.8, 4) is 28.5 Å². The molecule has 4 atom stereocenters. The lowest BCUT2D eigenvalue weighted by Gasteiger charge is -2.32. The summed E-state index contributed by atoms with van der Waals surface area (Å²) in [7, 11) is 0. The van der Waals surface area contributed by atoms with Crippen LogP contribution >= 0.6 is 0 Å². The molecule has 8 heteroatoms. The first-order chi connectivity index (χ1) is 36.7. The molecule has 1 fully saturated rings. The van der Waals surface area contributed by atoms with Gasteiger partial charge in [0.1, 0.15) is 11.7 Å². The van der Waals surface area contributed by atoms with E-state index in [2.05, 4.69) is 215 Å². The van der Waals surface area contributed by atoms with Crippen LogP contribution in [0.1, 0.15) is 60.8 Å². The van der Waals surface area contributed by atoms with E-state index in [4.69, 9.17) is 24.9 Å². The van der Waals surface area contributed by atoms with Gasteiger partial charge in [0.15, 0.2) is 23.6 Å². The molecule has 14 rings (SSSR count). The number of anilines is 1. The van der Waals surface area contributed by atoms with Crippen molar-refractivity contribution in [3.63, 3.8) is 0 Å². The van der Waals surface area contributed by atoms with Gasteiger partial charge in [-0.3, -0.25) is 0 Å². The summed E-state index contributed by atoms with van der Waals surface area (Å²) < 4.78 is 2.40. The lowest BCUT2D eigenvalue weighted by atomic mass is 9.84. The molecule has 0 amide bonds. The third kappa shape index (κ3) is 7.90. The summed E-state index contributed by atoms with van der Waals surface area (Å²) >= 11 is 0. The van der Waals surface area contributed by atoms with Crippen molar-refractivity contribution in [1.82, 2.24) is 24.8 Å². The average molecular weight is 957 g/mol. The summed E-state index contributed by atoms with van der Waals surface area (Å²) in [6.07, 6.45) is 31.7. The molecule has 2 aromatic heterocycles. The van der Waals surface area contributed by atoms with Crippen molar-refractivity contribution in [2.24, 2.45) is 15.9 Å². The highest BCUT2D eigenvalue weighted by atomic mass is 15.2. The van der Waals surface area contributed by atoms with Crippen molar-refractivity contribution in [2.75, 3.05) is 4.90 Å². The third-order valence-electron chi connectivity index (χ3n) is 15.3. The van der Waals surface area contributed by atoms with Gasteiger partial charge in [-0.25, -0.2) is 24.9 Å². The Morgan fingerprint density at radius 1 is 0.527 bits per heavy atom. The first-order valence-electron chi connectivity index (χ1n) is 26.0. The molecule has 6 aromatic carbocycles. The van der Waals surface area contributed by atoms with Gasteiger partial charge >= 0.3 is 0 Å². The number of rotatable bonds is 9. The number of nitrogens with one attached hydrogen (secondary N) is 1. The highest BCUT2D eigenvalue weighted by molar-refractivity contribution is 6.16. The molecule has 4 heterocycles. The van der Waals surface area contributed by atoms with E-state index < -0.39 is 0 Å². The lowest BCUT2D eigenvalue weighted by molar-refractivity contribution is 0.673. The molecule has 6 aliphatic rings. The molecule has 8 aromatic rings. The zero-order chi connectivity index (χ0) is 49.0. The topological polar surface area (TPSA) is 83.6 Å². The molecule has 356 valence electrons. The molecule has 0 spiro atoms. The second-order valence-electron chi connectivity index (χ2n) is 19.8. The molecular formula is C66H52N8. The standard InChI is InChI=1S/C66H52N8/c1-5-18-43(19-6-1)61-67-62(44-20-7-2-8-21-44)70-65(69-61)47-32-36-51(37-33-47)73-57-30-15-13-28-53(57)55-41-48(34-38-59(55)73)49-35-39-60-56(42-49)54-29-14-16-31-58(54)74(60)52-27-17-26-50(40-52)66-71-63(45-22-9-3-10-23-45)68-64(72-66)46-24-11-4-12-25-46/h1,3-7,9-11,13-24,26-37,39-42,53,57,59,63H,2,8,12,25,38H2,(H,68,71,72). The minimum absolute atomic E-state index is 0.212. The minimum atomic E-state index is -0.335. The Labute approximate surface area is 431 Å². The van der Waals surface area contributed by atoms with Gasteiger partial charge in [-0.2, -0.15) is 0 Å². The van der Waals surface area contributed by atoms with E-state index in [1.165, 1.54) is 49.8 Å². The van der Waals surface area contributed by atoms with Gasteiger partial charge < -0.3 is 14.8 Å². The summed E-state index contributed by atoms with van der Waals surface area (Å²) in [5.74, 6) is 4.06. The number of hydrogen-bond acceptors (Lipinski definition) is 7. The van der Waals surface area contributed by atoms with Crippen molar-refractivity contribution in [3.05, 3.63) is 258 Å². The van der Waals surface area contributed by atoms with Crippen LogP contribution in [0.3, 0.4) is 0 Å². The van der Waals surface area contributed by atoms with Gasteiger partial charge in [-0.15, -0.1) is 0 Å². The summed E-state index contributed by atoms with van der Waals surface area (Å²) in [4.78, 5) is 28.0. The van der Waals surface area contributed by atoms with Crippen molar-refractivity contribution < 1.29 is 0 Å². The summed E-state index contributed by atoms with van der Waals surface area (Å²) in [6, 6.07) is 54.5. The molecule has 1 N–H and O–H groups in total. The Balaban J connectivity index is 0.776. The molecule has 4 unspecified atom stereocenters. The Kier molecular flexibility index (Phi) is 11.0. The van der Waals surface area contributed by atoms with Crippen LogP contribution in [0.5, 0.6) is 0 Å². The Morgan fingerprint density at radius 2 is 1.27 bits per heavy atom. The predicted molar refractivity (Wildman–Crippen MR) is 303 cm³/mol. The first-order valence-corrected chi connectivity index (χ1v) is 26.0. The number of aliphatic imine (C=N–C) groups is 2. The summed E-state index contributed by atoms with van der Waals surface area (Å²) in [6.45, 7) is 0. The van der Waals surface area contributed by atoms with Crippen molar-refractivity contribution in [1.29, 1.82) is 0 Å². The van der Waals surface area contributed by atoms with E-state index in [9.17, 15) is 0 Å². The van der Waals surface area contributed by atoms with E-state index in [0.717, 1.165) is 77.3 Å². The molecular weight excluding hydrogens is 905 g/mol. The lowest BCUT2D eigenvalue weighted by Crippen LogP contribution is -2.37. The van der Waals surface area contributed by atoms with Gasteiger partial charge in [0.25, 0.3) is 0 Å². The Bertz CT molecular complexity index is 3860. The highest BCUT2D eigenvalue weighted by Gasteiger charge is 2.44. The van der Waals surface area contributed by atoms with Gasteiger partial charge in [-0.05, 0) is 115 Å². The SMILES string of the molecule is C1=CCCC(C2=NC(c3ccccc3)N=C(c3cccc(-n4c5ccccc5c5cc(C6=CCC7C(=C6)C6C=CC=CC6N7c6ccc(-c7nc(C8=CCCC=C8)nc(-c8ccccc8)n7)cc6)ccc54)c3)N2)=C1. The maximum Gasteiger partial charge on any atom is 0.169 e. The fraction of sp³-hybridized carbons (Fsp3) is 0.136. The van der Waals surface area contributed by atoms with Crippen molar-refractivity contribution in [2.45, 2.75) is 50.4 Å². The van der Waals surface area contributed by atoms with E-state index in [-0.39, 0.29) is 24.2 Å². The fourth-order valence-electron chi connectivity index (χ4n) is 11.7. The normalized spacial score (nSPS) is 20.8. The smallest absolute Gasteiger partial charge is 0.169 e. The number of aromatic nitrogens is 4. The van der Waals surface area contributed by atoms with Crippen LogP contribution in [0.25, 0.3) is 61.4 Å². The maximum absolute atomic E-state index is 5.22. The average Bonchev–Trinajstić information content (AvgIpc) is 4.01. The van der Waals surface area contributed by atoms with Gasteiger partial charge in [0, 0.05) is 50.3 Å². The van der Waals surface area contributed by atoms with E-state index in [1.54, 1.807) is 0 Å². The highest BCUT2D eigenvalue weighted by Crippen LogP contribution is 2.47. The Hall–Kier alpha value is -9.01. The number of nitrogens with zero attached hydrogens (tertiary/aromatic N) is 7. The van der Waals surface area contributed by atoms with Crippen LogP contribution in [-0.4, -0.2) is 43.3 Å². The predicted octanol–water partition coefficient (Wildman–Crippen LogP) is 14.5. The number of fused-ring (bicyclic) bond motifs is 6. The van der Waals surface area contributed by atoms with Crippen molar-refractivity contribution >= 4 is 50.3 Å². The summed E-state index contributed by atoms with van der Waals surface area (Å²) in [5, 5.41) is 6.11. The minimum Gasteiger partial charge on any atom is -0.357 e. The zero-order valence-electron chi connectivity index (χ0n) is 40.8. The molecule has 0 bridgehead atoms. The molecule has 0 saturated carbocycles. The second-order valence-corrected chi connectivity index (χ2v) is 19.8. The van der Waals surface area contributed by atoms with Crippen LogP contribution in [-0.2, 0) is 0 Å². The number of hydrogen-bond donors (Lipinski definition) is 1. The van der Waals surface area contributed by atoms with E-state index in [0.29, 0.717) is 17.5 Å². The van der Waals surface area contributed by atoms with Crippen LogP contribution in [0.15, 0.2) is 246 Å². The third-order valence-corrected chi connectivity index (χ3v) is 15.3. The maximum atomic E-state index is 5.22. The monoisotopic (exact) mass is 956 g/mol. The molecule has 0 radical (unpaired) electrons. The van der Waals surface area contributed by atoms with Gasteiger partial charge in [0.05, 0.1) is 23.1 Å². The largest absolute Gasteiger partial charge is 0.357 e. The number of amidine groups is 2. The number of para-hydroxylation sites is 1. The zero-order valence-corrected chi connectivity index (χ0v) is 40.8. The van der Waals surface area contributed by atoms with Crippen LogP contribution < -0.4 is 10.2 Å². The molecule has 8 nitrogen and oxygen atoms in total. The number of allylic oxidation sites excluding steroid dienone is 11. The number of benzene rings is 6. The fourth-order valence-corrected chi connectivity index (χ4v) is 11.7. The molecule has 1 saturated heterocycles. The second kappa shape index (κ2) is 18.6. The quantitative estimate of drug-likeness (QED) is 0.156. The van der Waals surface area contributed by atoms with Crippen LogP contribution in [0, 0.1) is 5.92 Å².